The Kier molecular flexibility index (Phi) is 6.19. The van der Waals surface area contributed by atoms with Crippen molar-refractivity contribution in [2.45, 2.75) is 11.8 Å². The van der Waals surface area contributed by atoms with Gasteiger partial charge in [0.25, 0.3) is 5.91 Å². The number of carbonyl (C=O) groups excluding carboxylic acids is 1. The number of hydrogen-bond donors (Lipinski definition) is 1. The smallest absolute Gasteiger partial charge is 0.258 e. The van der Waals surface area contributed by atoms with Crippen molar-refractivity contribution in [2.24, 2.45) is 0 Å². The Morgan fingerprint density at radius 3 is 2.59 bits per heavy atom. The molecule has 7 nitrogen and oxygen atoms in total. The van der Waals surface area contributed by atoms with E-state index in [0.717, 1.165) is 5.56 Å². The third-order valence-electron chi connectivity index (χ3n) is 4.26. The van der Waals surface area contributed by atoms with Gasteiger partial charge in [0.1, 0.15) is 11.5 Å². The summed E-state index contributed by atoms with van der Waals surface area (Å²) in [5.41, 5.74) is 1.46. The summed E-state index contributed by atoms with van der Waals surface area (Å²) < 4.78 is 35.1. The van der Waals surface area contributed by atoms with Gasteiger partial charge in [0.15, 0.2) is 15.0 Å². The van der Waals surface area contributed by atoms with Crippen LogP contribution in [0.15, 0.2) is 52.7 Å². The molecule has 1 N–H and O–H groups in total. The number of amides is 1. The summed E-state index contributed by atoms with van der Waals surface area (Å²) in [5, 5.41) is 4.82. The van der Waals surface area contributed by atoms with E-state index in [1.807, 2.05) is 6.07 Å². The maximum atomic E-state index is 12.7. The number of benzene rings is 2. The first-order valence-corrected chi connectivity index (χ1v) is 11.2. The summed E-state index contributed by atoms with van der Waals surface area (Å²) in [4.78, 5) is 17.1. The molecule has 0 aliphatic carbocycles. The van der Waals surface area contributed by atoms with Crippen LogP contribution in [0, 0.1) is 0 Å². The summed E-state index contributed by atoms with van der Waals surface area (Å²) in [6.07, 6.45) is 0. The van der Waals surface area contributed by atoms with E-state index in [-0.39, 0.29) is 16.2 Å². The molecule has 0 saturated heterocycles. The number of aromatic nitrogens is 1. The Labute approximate surface area is 173 Å². The highest BCUT2D eigenvalue weighted by molar-refractivity contribution is 7.91. The molecule has 0 spiro atoms. The van der Waals surface area contributed by atoms with Crippen molar-refractivity contribution >= 4 is 32.2 Å². The zero-order valence-corrected chi connectivity index (χ0v) is 17.8. The predicted octanol–water partition coefficient (Wildman–Crippen LogP) is 3.87. The van der Waals surface area contributed by atoms with Gasteiger partial charge in [-0.05, 0) is 24.3 Å². The zero-order chi connectivity index (χ0) is 21.0. The summed E-state index contributed by atoms with van der Waals surface area (Å²) in [7, 11) is -0.401. The quantitative estimate of drug-likeness (QED) is 0.609. The molecule has 0 radical (unpaired) electrons. The molecule has 0 unspecified atom stereocenters. The maximum absolute atomic E-state index is 12.7. The van der Waals surface area contributed by atoms with E-state index in [2.05, 4.69) is 10.3 Å². The third kappa shape index (κ3) is 4.41. The molecular formula is C20H20N2O5S2. The molecule has 9 heteroatoms. The molecule has 0 aliphatic heterocycles. The molecule has 3 aromatic rings. The first-order chi connectivity index (χ1) is 13.9. The van der Waals surface area contributed by atoms with Crippen LogP contribution in [0.4, 0.5) is 5.13 Å². The van der Waals surface area contributed by atoms with Gasteiger partial charge in [0.05, 0.1) is 36.1 Å². The first-order valence-electron chi connectivity index (χ1n) is 8.70. The van der Waals surface area contributed by atoms with Crippen LogP contribution in [0.3, 0.4) is 0 Å². The lowest BCUT2D eigenvalue weighted by atomic mass is 10.1. The van der Waals surface area contributed by atoms with Crippen molar-refractivity contribution < 1.29 is 22.7 Å². The summed E-state index contributed by atoms with van der Waals surface area (Å²) >= 11 is 1.24. The van der Waals surface area contributed by atoms with E-state index in [0.29, 0.717) is 22.3 Å². The normalized spacial score (nSPS) is 11.1. The van der Waals surface area contributed by atoms with Crippen LogP contribution in [0.25, 0.3) is 11.3 Å². The Bertz CT molecular complexity index is 1140. The molecule has 0 bridgehead atoms. The number of nitrogens with one attached hydrogen (secondary N) is 1. The van der Waals surface area contributed by atoms with Crippen molar-refractivity contribution in [2.75, 3.05) is 25.3 Å². The fraction of sp³-hybridized carbons (Fsp3) is 0.200. The van der Waals surface area contributed by atoms with Gasteiger partial charge in [-0.1, -0.05) is 19.1 Å². The minimum absolute atomic E-state index is 0.00797. The standard InChI is InChI=1S/C20H20N2O5S2/c1-4-29(24,25)18-8-6-5-7-15(18)19(23)22-20-21-16(12-28-20)14-10-9-13(26-2)11-17(14)27-3/h5-12H,4H2,1-3H3,(H,21,22,23). The number of anilines is 1. The highest BCUT2D eigenvalue weighted by atomic mass is 32.2. The van der Waals surface area contributed by atoms with Gasteiger partial charge < -0.3 is 9.47 Å². The van der Waals surface area contributed by atoms with E-state index < -0.39 is 15.7 Å². The molecule has 0 atom stereocenters. The number of carbonyl (C=O) groups is 1. The van der Waals surface area contributed by atoms with Gasteiger partial charge in [-0.3, -0.25) is 10.1 Å². The second-order valence-electron chi connectivity index (χ2n) is 5.96. The maximum Gasteiger partial charge on any atom is 0.258 e. The van der Waals surface area contributed by atoms with Crippen LogP contribution in [0.5, 0.6) is 11.5 Å². The SMILES string of the molecule is CCS(=O)(=O)c1ccccc1C(=O)Nc1nc(-c2ccc(OC)cc2OC)cs1. The number of ether oxygens (including phenoxy) is 2. The minimum atomic E-state index is -3.53. The van der Waals surface area contributed by atoms with Gasteiger partial charge in [-0.2, -0.15) is 0 Å². The number of rotatable bonds is 7. The van der Waals surface area contributed by atoms with Crippen molar-refractivity contribution in [3.8, 4) is 22.8 Å². The molecule has 1 amide bonds. The molecule has 3 rings (SSSR count). The van der Waals surface area contributed by atoms with Gasteiger partial charge in [-0.15, -0.1) is 11.3 Å². The van der Waals surface area contributed by atoms with Crippen molar-refractivity contribution in [3.05, 3.63) is 53.4 Å². The van der Waals surface area contributed by atoms with Gasteiger partial charge in [-0.25, -0.2) is 13.4 Å². The monoisotopic (exact) mass is 432 g/mol. The lowest BCUT2D eigenvalue weighted by Crippen LogP contribution is -2.17. The molecule has 1 aromatic heterocycles. The fourth-order valence-electron chi connectivity index (χ4n) is 2.71. The average Bonchev–Trinajstić information content (AvgIpc) is 3.21. The van der Waals surface area contributed by atoms with Crippen molar-refractivity contribution in [3.63, 3.8) is 0 Å². The van der Waals surface area contributed by atoms with Crippen LogP contribution < -0.4 is 14.8 Å². The van der Waals surface area contributed by atoms with Crippen LogP contribution in [-0.4, -0.2) is 39.3 Å². The average molecular weight is 433 g/mol. The van der Waals surface area contributed by atoms with Crippen molar-refractivity contribution in [1.29, 1.82) is 0 Å². The highest BCUT2D eigenvalue weighted by Gasteiger charge is 2.21. The number of sulfone groups is 1. The van der Waals surface area contributed by atoms with Crippen LogP contribution in [0.1, 0.15) is 17.3 Å². The Morgan fingerprint density at radius 1 is 1.14 bits per heavy atom. The van der Waals surface area contributed by atoms with E-state index in [4.69, 9.17) is 9.47 Å². The summed E-state index contributed by atoms with van der Waals surface area (Å²) in [5.74, 6) is 0.630. The molecule has 29 heavy (non-hydrogen) atoms. The van der Waals surface area contributed by atoms with Gasteiger partial charge >= 0.3 is 0 Å². The molecule has 1 heterocycles. The third-order valence-corrected chi connectivity index (χ3v) is 6.80. The lowest BCUT2D eigenvalue weighted by molar-refractivity contribution is 0.102. The van der Waals surface area contributed by atoms with Gasteiger partial charge in [0.2, 0.25) is 0 Å². The van der Waals surface area contributed by atoms with E-state index >= 15 is 0 Å². The van der Waals surface area contributed by atoms with Gasteiger partial charge in [0, 0.05) is 17.0 Å². The highest BCUT2D eigenvalue weighted by Crippen LogP contribution is 2.35. The number of hydrogen-bond acceptors (Lipinski definition) is 7. The van der Waals surface area contributed by atoms with Crippen LogP contribution >= 0.6 is 11.3 Å². The zero-order valence-electron chi connectivity index (χ0n) is 16.1. The first kappa shape index (κ1) is 20.8. The molecular weight excluding hydrogens is 412 g/mol. The van der Waals surface area contributed by atoms with E-state index in [1.54, 1.807) is 50.8 Å². The molecule has 0 saturated carbocycles. The molecule has 152 valence electrons. The van der Waals surface area contributed by atoms with Crippen LogP contribution in [-0.2, 0) is 9.84 Å². The van der Waals surface area contributed by atoms with E-state index in [1.165, 1.54) is 23.5 Å². The topological polar surface area (TPSA) is 94.6 Å². The Hall–Kier alpha value is -2.91. The number of thiazole rings is 1. The second-order valence-corrected chi connectivity index (χ2v) is 9.06. The summed E-state index contributed by atoms with van der Waals surface area (Å²) in [6.45, 7) is 1.54. The van der Waals surface area contributed by atoms with Crippen LogP contribution in [0.2, 0.25) is 0 Å². The second kappa shape index (κ2) is 8.62. The Balaban J connectivity index is 1.88. The largest absolute Gasteiger partial charge is 0.497 e. The fourth-order valence-corrected chi connectivity index (χ4v) is 4.51. The number of nitrogens with zero attached hydrogens (tertiary/aromatic N) is 1. The van der Waals surface area contributed by atoms with Crippen molar-refractivity contribution in [1.82, 2.24) is 4.98 Å². The molecule has 0 aliphatic rings. The summed E-state index contributed by atoms with van der Waals surface area (Å²) in [6, 6.07) is 11.5. The molecule has 0 fully saturated rings. The molecule has 2 aromatic carbocycles. The Morgan fingerprint density at radius 2 is 1.90 bits per heavy atom. The van der Waals surface area contributed by atoms with E-state index in [9.17, 15) is 13.2 Å². The number of methoxy groups -OCH3 is 2. The minimum Gasteiger partial charge on any atom is -0.497 e. The predicted molar refractivity (Wildman–Crippen MR) is 113 cm³/mol. The lowest BCUT2D eigenvalue weighted by Gasteiger charge is -2.09.